The minimum absolute atomic E-state index is 0.00351. The van der Waals surface area contributed by atoms with E-state index in [2.05, 4.69) is 0 Å². The van der Waals surface area contributed by atoms with Crippen molar-refractivity contribution in [1.29, 1.82) is 0 Å². The van der Waals surface area contributed by atoms with E-state index in [0.29, 0.717) is 18.1 Å². The second-order valence-corrected chi connectivity index (χ2v) is 9.39. The third-order valence-corrected chi connectivity index (χ3v) is 6.61. The highest BCUT2D eigenvalue weighted by molar-refractivity contribution is 6.30. The molecule has 2 amide bonds. The number of fused-ring (bicyclic) bond motifs is 1. The highest BCUT2D eigenvalue weighted by atomic mass is 35.5. The van der Waals surface area contributed by atoms with Crippen molar-refractivity contribution in [2.75, 3.05) is 6.61 Å². The molecule has 2 aromatic carbocycles. The molecule has 2 unspecified atom stereocenters. The summed E-state index contributed by atoms with van der Waals surface area (Å²) >= 11 is 5.96. The summed E-state index contributed by atoms with van der Waals surface area (Å²) in [5.74, 6) is 0.594. The van der Waals surface area contributed by atoms with Crippen molar-refractivity contribution < 1.29 is 14.3 Å². The van der Waals surface area contributed by atoms with Crippen LogP contribution in [0.4, 0.5) is 0 Å². The SMILES string of the molecule is CC(C)[C@H]1C(=O)N2C(CC[C@@H]2COc2ccccc2)N1C(=O)C(N)Cc1ccc(Cl)cc1. The number of ether oxygens (including phenoxy) is 1. The maximum absolute atomic E-state index is 13.5. The van der Waals surface area contributed by atoms with Crippen molar-refractivity contribution in [2.24, 2.45) is 11.7 Å². The summed E-state index contributed by atoms with van der Waals surface area (Å²) < 4.78 is 5.94. The van der Waals surface area contributed by atoms with E-state index in [1.165, 1.54) is 0 Å². The second kappa shape index (κ2) is 9.51. The van der Waals surface area contributed by atoms with Gasteiger partial charge in [-0.2, -0.15) is 0 Å². The molecule has 2 aliphatic heterocycles. The van der Waals surface area contributed by atoms with Crippen molar-refractivity contribution >= 4 is 23.4 Å². The number of halogens is 1. The van der Waals surface area contributed by atoms with Gasteiger partial charge in [0, 0.05) is 5.02 Å². The number of hydrogen-bond acceptors (Lipinski definition) is 4. The molecule has 0 saturated carbocycles. The van der Waals surface area contributed by atoms with Crippen LogP contribution in [-0.4, -0.2) is 52.5 Å². The molecule has 2 N–H and O–H groups in total. The lowest BCUT2D eigenvalue weighted by Crippen LogP contribution is -2.52. The molecule has 2 aliphatic rings. The van der Waals surface area contributed by atoms with Gasteiger partial charge in [0.1, 0.15) is 24.6 Å². The molecule has 0 aromatic heterocycles. The molecule has 0 bridgehead atoms. The molecule has 6 nitrogen and oxygen atoms in total. The smallest absolute Gasteiger partial charge is 0.247 e. The fourth-order valence-electron chi connectivity index (χ4n) is 4.84. The van der Waals surface area contributed by atoms with Crippen molar-refractivity contribution in [1.82, 2.24) is 9.80 Å². The second-order valence-electron chi connectivity index (χ2n) is 8.95. The Balaban J connectivity index is 1.49. The predicted octanol–water partition coefficient (Wildman–Crippen LogP) is 3.47. The molecule has 4 rings (SSSR count). The van der Waals surface area contributed by atoms with Crippen LogP contribution in [0.5, 0.6) is 5.75 Å². The zero-order valence-corrected chi connectivity index (χ0v) is 19.2. The number of nitrogens with two attached hydrogens (primary N) is 1. The average molecular weight is 456 g/mol. The van der Waals surface area contributed by atoms with Gasteiger partial charge in [-0.05, 0) is 55.0 Å². The Kier molecular flexibility index (Phi) is 6.72. The fraction of sp³-hybridized carbons (Fsp3) is 0.440. The van der Waals surface area contributed by atoms with Crippen LogP contribution < -0.4 is 10.5 Å². The minimum atomic E-state index is -0.718. The summed E-state index contributed by atoms with van der Waals surface area (Å²) in [5.41, 5.74) is 7.29. The Morgan fingerprint density at radius 3 is 2.47 bits per heavy atom. The van der Waals surface area contributed by atoms with Crippen LogP contribution in [0.2, 0.25) is 5.02 Å². The lowest BCUT2D eigenvalue weighted by molar-refractivity contribution is -0.139. The molecule has 7 heteroatoms. The standard InChI is InChI=1S/C25H30ClN3O3/c1-16(2)23-25(31)28-19(15-32-20-6-4-3-5-7-20)12-13-22(28)29(23)24(30)21(27)14-17-8-10-18(26)11-9-17/h3-11,16,19,21-23H,12-15,27H2,1-2H3/t19-,21?,22?,23+/m1/s1. The molecule has 4 atom stereocenters. The minimum Gasteiger partial charge on any atom is -0.491 e. The van der Waals surface area contributed by atoms with E-state index < -0.39 is 12.1 Å². The van der Waals surface area contributed by atoms with Crippen molar-refractivity contribution in [3.63, 3.8) is 0 Å². The maximum Gasteiger partial charge on any atom is 0.247 e. The van der Waals surface area contributed by atoms with Gasteiger partial charge < -0.3 is 20.3 Å². The molecule has 2 heterocycles. The van der Waals surface area contributed by atoms with Crippen LogP contribution in [0.3, 0.4) is 0 Å². The Morgan fingerprint density at radius 1 is 1.12 bits per heavy atom. The van der Waals surface area contributed by atoms with Gasteiger partial charge in [0.2, 0.25) is 11.8 Å². The molecule has 2 fully saturated rings. The van der Waals surface area contributed by atoms with E-state index in [1.807, 2.05) is 61.2 Å². The monoisotopic (exact) mass is 455 g/mol. The van der Waals surface area contributed by atoms with Crippen LogP contribution >= 0.6 is 11.6 Å². The van der Waals surface area contributed by atoms with E-state index in [9.17, 15) is 9.59 Å². The zero-order valence-electron chi connectivity index (χ0n) is 18.5. The van der Waals surface area contributed by atoms with Crippen LogP contribution in [0, 0.1) is 5.92 Å². The first-order chi connectivity index (χ1) is 15.4. The van der Waals surface area contributed by atoms with Gasteiger partial charge in [0.05, 0.1) is 12.1 Å². The number of carbonyl (C=O) groups excluding carboxylic acids is 2. The Bertz CT molecular complexity index is 951. The molecule has 0 aliphatic carbocycles. The normalized spacial score (nSPS) is 23.5. The first-order valence-corrected chi connectivity index (χ1v) is 11.6. The molecule has 2 aromatic rings. The van der Waals surface area contributed by atoms with E-state index >= 15 is 0 Å². The zero-order chi connectivity index (χ0) is 22.8. The van der Waals surface area contributed by atoms with E-state index in [-0.39, 0.29) is 29.9 Å². The number of nitrogens with zero attached hydrogens (tertiary/aromatic N) is 2. The van der Waals surface area contributed by atoms with E-state index in [0.717, 1.165) is 24.2 Å². The summed E-state index contributed by atoms with van der Waals surface area (Å²) in [4.78, 5) is 30.5. The van der Waals surface area contributed by atoms with Gasteiger partial charge in [0.25, 0.3) is 0 Å². The highest BCUT2D eigenvalue weighted by Gasteiger charge is 2.55. The Labute approximate surface area is 194 Å². The van der Waals surface area contributed by atoms with Gasteiger partial charge in [-0.3, -0.25) is 9.59 Å². The number of rotatable bonds is 7. The van der Waals surface area contributed by atoms with Crippen LogP contribution in [0.25, 0.3) is 0 Å². The van der Waals surface area contributed by atoms with Gasteiger partial charge in [-0.15, -0.1) is 0 Å². The lowest BCUT2D eigenvalue weighted by Gasteiger charge is -2.31. The van der Waals surface area contributed by atoms with E-state index in [1.54, 1.807) is 17.0 Å². The topological polar surface area (TPSA) is 75.9 Å². The van der Waals surface area contributed by atoms with Gasteiger partial charge in [-0.1, -0.05) is 55.8 Å². The highest BCUT2D eigenvalue weighted by Crippen LogP contribution is 2.38. The summed E-state index contributed by atoms with van der Waals surface area (Å²) in [7, 11) is 0. The lowest BCUT2D eigenvalue weighted by atomic mass is 9.99. The molecular formula is C25H30ClN3O3. The molecular weight excluding hydrogens is 426 g/mol. The number of hydrogen-bond donors (Lipinski definition) is 1. The Morgan fingerprint density at radius 2 is 1.81 bits per heavy atom. The predicted molar refractivity (Wildman–Crippen MR) is 124 cm³/mol. The van der Waals surface area contributed by atoms with Gasteiger partial charge >= 0.3 is 0 Å². The van der Waals surface area contributed by atoms with Gasteiger partial charge in [-0.25, -0.2) is 0 Å². The third kappa shape index (κ3) is 4.48. The summed E-state index contributed by atoms with van der Waals surface area (Å²) in [5, 5.41) is 0.643. The number of amides is 2. The quantitative estimate of drug-likeness (QED) is 0.693. The van der Waals surface area contributed by atoms with Gasteiger partial charge in [0.15, 0.2) is 0 Å². The molecule has 2 saturated heterocycles. The van der Waals surface area contributed by atoms with Crippen molar-refractivity contribution in [3.05, 3.63) is 65.2 Å². The maximum atomic E-state index is 13.5. The van der Waals surface area contributed by atoms with Crippen molar-refractivity contribution in [2.45, 2.75) is 57.4 Å². The molecule has 0 spiro atoms. The first-order valence-electron chi connectivity index (χ1n) is 11.2. The number of benzene rings is 2. The summed E-state index contributed by atoms with van der Waals surface area (Å²) in [6.45, 7) is 4.37. The van der Waals surface area contributed by atoms with Crippen molar-refractivity contribution in [3.8, 4) is 5.75 Å². The summed E-state index contributed by atoms with van der Waals surface area (Å²) in [6, 6.07) is 15.7. The molecule has 170 valence electrons. The summed E-state index contributed by atoms with van der Waals surface area (Å²) in [6.07, 6.45) is 1.67. The molecule has 32 heavy (non-hydrogen) atoms. The number of carbonyl (C=O) groups is 2. The fourth-order valence-corrected chi connectivity index (χ4v) is 4.96. The third-order valence-electron chi connectivity index (χ3n) is 6.36. The average Bonchev–Trinajstić information content (AvgIpc) is 3.32. The van der Waals surface area contributed by atoms with Crippen LogP contribution in [0.15, 0.2) is 54.6 Å². The van der Waals surface area contributed by atoms with Crippen LogP contribution in [-0.2, 0) is 16.0 Å². The number of para-hydroxylation sites is 1. The van der Waals surface area contributed by atoms with Crippen LogP contribution in [0.1, 0.15) is 32.3 Å². The largest absolute Gasteiger partial charge is 0.491 e. The first kappa shape index (κ1) is 22.6. The van der Waals surface area contributed by atoms with E-state index in [4.69, 9.17) is 22.1 Å². The molecule has 0 radical (unpaired) electrons. The Hall–Kier alpha value is -2.57.